The van der Waals surface area contributed by atoms with Crippen LogP contribution in [0.25, 0.3) is 0 Å². The van der Waals surface area contributed by atoms with E-state index in [4.69, 9.17) is 14.2 Å². The van der Waals surface area contributed by atoms with E-state index in [-0.39, 0.29) is 24.8 Å². The summed E-state index contributed by atoms with van der Waals surface area (Å²) >= 11 is 0. The molecule has 1 amide bonds. The molecule has 1 aliphatic rings. The van der Waals surface area contributed by atoms with Gasteiger partial charge in [-0.15, -0.1) is 0 Å². The van der Waals surface area contributed by atoms with Crippen molar-refractivity contribution in [2.24, 2.45) is 0 Å². The smallest absolute Gasteiger partial charge is 0.338 e. The Labute approximate surface area is 147 Å². The zero-order chi connectivity index (χ0) is 18.5. The third kappa shape index (κ3) is 4.47. The number of para-hydroxylation sites is 2. The van der Waals surface area contributed by atoms with E-state index >= 15 is 0 Å². The molecule has 1 atom stereocenters. The summed E-state index contributed by atoms with van der Waals surface area (Å²) in [6, 6.07) is 9.44. The minimum Gasteiger partial charge on any atom is -0.486 e. The van der Waals surface area contributed by atoms with Crippen molar-refractivity contribution in [3.8, 4) is 11.5 Å². The largest absolute Gasteiger partial charge is 0.486 e. The molecule has 3 rings (SSSR count). The van der Waals surface area contributed by atoms with Gasteiger partial charge in [0.2, 0.25) is 0 Å². The number of hydrogen-bond acceptors (Lipinski definition) is 5. The molecule has 0 bridgehead atoms. The second-order valence-electron chi connectivity index (χ2n) is 5.54. The molecule has 0 aromatic heterocycles. The second kappa shape index (κ2) is 7.81. The highest BCUT2D eigenvalue weighted by Crippen LogP contribution is 2.30. The average molecular weight is 363 g/mol. The fraction of sp³-hybridized carbons (Fsp3) is 0.222. The zero-order valence-corrected chi connectivity index (χ0v) is 13.5. The molecule has 0 radical (unpaired) electrons. The summed E-state index contributed by atoms with van der Waals surface area (Å²) in [5.74, 6) is -2.17. The highest BCUT2D eigenvalue weighted by Gasteiger charge is 2.21. The Morgan fingerprint density at radius 3 is 2.54 bits per heavy atom. The molecule has 0 aliphatic carbocycles. The Balaban J connectivity index is 1.44. The van der Waals surface area contributed by atoms with Crippen LogP contribution in [0.15, 0.2) is 42.5 Å². The van der Waals surface area contributed by atoms with Gasteiger partial charge in [-0.25, -0.2) is 13.6 Å². The molecule has 1 N–H and O–H groups in total. The lowest BCUT2D eigenvalue weighted by atomic mass is 10.2. The number of benzene rings is 2. The molecular weight excluding hydrogens is 348 g/mol. The lowest BCUT2D eigenvalue weighted by Gasteiger charge is -2.26. The third-order valence-corrected chi connectivity index (χ3v) is 3.53. The van der Waals surface area contributed by atoms with Crippen LogP contribution in [0.5, 0.6) is 11.5 Å². The first-order valence-corrected chi connectivity index (χ1v) is 7.79. The number of rotatable bonds is 5. The van der Waals surface area contributed by atoms with Gasteiger partial charge >= 0.3 is 5.97 Å². The first kappa shape index (κ1) is 17.7. The van der Waals surface area contributed by atoms with Crippen molar-refractivity contribution in [3.63, 3.8) is 0 Å². The minimum absolute atomic E-state index is 0.152. The third-order valence-electron chi connectivity index (χ3n) is 3.53. The van der Waals surface area contributed by atoms with E-state index < -0.39 is 30.1 Å². The quantitative estimate of drug-likeness (QED) is 0.824. The van der Waals surface area contributed by atoms with Crippen LogP contribution in [0.1, 0.15) is 10.4 Å². The van der Waals surface area contributed by atoms with Crippen LogP contribution in [0, 0.1) is 11.6 Å². The summed E-state index contributed by atoms with van der Waals surface area (Å²) in [6.07, 6.45) is -0.387. The number of hydrogen-bond donors (Lipinski definition) is 1. The van der Waals surface area contributed by atoms with Crippen LogP contribution in [-0.4, -0.2) is 37.7 Å². The first-order valence-electron chi connectivity index (χ1n) is 7.79. The van der Waals surface area contributed by atoms with Crippen molar-refractivity contribution in [1.29, 1.82) is 0 Å². The van der Waals surface area contributed by atoms with Crippen LogP contribution < -0.4 is 14.8 Å². The summed E-state index contributed by atoms with van der Waals surface area (Å²) in [4.78, 5) is 23.5. The number of carbonyl (C=O) groups is 2. The van der Waals surface area contributed by atoms with E-state index in [9.17, 15) is 18.4 Å². The van der Waals surface area contributed by atoms with Crippen LogP contribution in [0.4, 0.5) is 8.78 Å². The van der Waals surface area contributed by atoms with Crippen molar-refractivity contribution in [3.05, 3.63) is 59.7 Å². The van der Waals surface area contributed by atoms with Crippen molar-refractivity contribution in [2.45, 2.75) is 6.10 Å². The summed E-state index contributed by atoms with van der Waals surface area (Å²) in [6.45, 7) is -0.167. The molecule has 6 nitrogen and oxygen atoms in total. The number of ether oxygens (including phenoxy) is 3. The molecule has 1 unspecified atom stereocenters. The number of amides is 1. The molecule has 0 saturated carbocycles. The van der Waals surface area contributed by atoms with E-state index in [1.165, 1.54) is 0 Å². The van der Waals surface area contributed by atoms with Gasteiger partial charge in [-0.2, -0.15) is 0 Å². The predicted octanol–water partition coefficient (Wildman–Crippen LogP) is 2.08. The van der Waals surface area contributed by atoms with Crippen LogP contribution >= 0.6 is 0 Å². The van der Waals surface area contributed by atoms with Gasteiger partial charge in [0.05, 0.1) is 12.1 Å². The number of esters is 1. The monoisotopic (exact) mass is 363 g/mol. The molecule has 26 heavy (non-hydrogen) atoms. The van der Waals surface area contributed by atoms with Gasteiger partial charge in [0.15, 0.2) is 18.1 Å². The maximum absolute atomic E-state index is 13.1. The number of carbonyl (C=O) groups excluding carboxylic acids is 2. The molecule has 0 fully saturated rings. The fourth-order valence-corrected chi connectivity index (χ4v) is 2.33. The number of nitrogens with one attached hydrogen (secondary N) is 1. The fourth-order valence-electron chi connectivity index (χ4n) is 2.33. The molecule has 1 heterocycles. The van der Waals surface area contributed by atoms with Crippen LogP contribution in [0.2, 0.25) is 0 Å². The van der Waals surface area contributed by atoms with Gasteiger partial charge in [0.25, 0.3) is 5.91 Å². The van der Waals surface area contributed by atoms with Crippen molar-refractivity contribution in [1.82, 2.24) is 5.32 Å². The van der Waals surface area contributed by atoms with Crippen LogP contribution in [0.3, 0.4) is 0 Å². The number of fused-ring (bicyclic) bond motifs is 1. The molecule has 2 aromatic rings. The lowest BCUT2D eigenvalue weighted by molar-refractivity contribution is -0.124. The minimum atomic E-state index is -0.996. The summed E-state index contributed by atoms with van der Waals surface area (Å²) in [5, 5.41) is 2.54. The molecule has 136 valence electrons. The molecule has 0 saturated heterocycles. The molecule has 1 aliphatic heterocycles. The molecule has 2 aromatic carbocycles. The second-order valence-corrected chi connectivity index (χ2v) is 5.54. The Kier molecular flexibility index (Phi) is 5.31. The predicted molar refractivity (Wildman–Crippen MR) is 86.0 cm³/mol. The molecular formula is C18H15F2NO5. The Morgan fingerprint density at radius 2 is 1.81 bits per heavy atom. The van der Waals surface area contributed by atoms with Crippen molar-refractivity contribution < 1.29 is 32.6 Å². The zero-order valence-electron chi connectivity index (χ0n) is 13.5. The SMILES string of the molecule is O=C(COC(=O)c1cc(F)cc(F)c1)NCC1COc2ccccc2O1. The summed E-state index contributed by atoms with van der Waals surface area (Å²) in [7, 11) is 0. The first-order chi connectivity index (χ1) is 12.5. The van der Waals surface area contributed by atoms with E-state index in [1.807, 2.05) is 6.07 Å². The normalized spacial score (nSPS) is 15.2. The number of halogens is 2. The summed E-state index contributed by atoms with van der Waals surface area (Å²) in [5.41, 5.74) is -0.309. The van der Waals surface area contributed by atoms with Gasteiger partial charge < -0.3 is 19.5 Å². The molecule has 0 spiro atoms. The highest BCUT2D eigenvalue weighted by atomic mass is 19.1. The summed E-state index contributed by atoms with van der Waals surface area (Å²) < 4.78 is 42.1. The van der Waals surface area contributed by atoms with Gasteiger partial charge in [0, 0.05) is 6.07 Å². The van der Waals surface area contributed by atoms with Gasteiger partial charge in [-0.3, -0.25) is 4.79 Å². The Hall–Kier alpha value is -3.16. The van der Waals surface area contributed by atoms with Gasteiger partial charge in [-0.1, -0.05) is 12.1 Å². The standard InChI is InChI=1S/C18H15F2NO5/c19-12-5-11(6-13(20)7-12)18(23)25-10-17(22)21-8-14-9-24-15-3-1-2-4-16(15)26-14/h1-7,14H,8-10H2,(H,21,22). The lowest BCUT2D eigenvalue weighted by Crippen LogP contribution is -2.42. The van der Waals surface area contributed by atoms with Crippen molar-refractivity contribution in [2.75, 3.05) is 19.8 Å². The van der Waals surface area contributed by atoms with E-state index in [1.54, 1.807) is 18.2 Å². The van der Waals surface area contributed by atoms with E-state index in [2.05, 4.69) is 5.32 Å². The maximum Gasteiger partial charge on any atom is 0.338 e. The van der Waals surface area contributed by atoms with Crippen LogP contribution in [-0.2, 0) is 9.53 Å². The van der Waals surface area contributed by atoms with E-state index in [0.717, 1.165) is 12.1 Å². The van der Waals surface area contributed by atoms with Gasteiger partial charge in [0.1, 0.15) is 24.3 Å². The Bertz CT molecular complexity index is 807. The Morgan fingerprint density at radius 1 is 1.12 bits per heavy atom. The maximum atomic E-state index is 13.1. The highest BCUT2D eigenvalue weighted by molar-refractivity contribution is 5.91. The van der Waals surface area contributed by atoms with Crippen molar-refractivity contribution >= 4 is 11.9 Å². The topological polar surface area (TPSA) is 73.9 Å². The molecule has 8 heteroatoms. The van der Waals surface area contributed by atoms with Gasteiger partial charge in [-0.05, 0) is 24.3 Å². The van der Waals surface area contributed by atoms with E-state index in [0.29, 0.717) is 17.6 Å². The average Bonchev–Trinajstić information content (AvgIpc) is 2.63.